The quantitative estimate of drug-likeness (QED) is 0.343. The fourth-order valence-electron chi connectivity index (χ4n) is 4.28. The van der Waals surface area contributed by atoms with E-state index in [2.05, 4.69) is 33.9 Å². The molecule has 3 rings (SSSR count). The first kappa shape index (κ1) is 29.3. The van der Waals surface area contributed by atoms with Crippen molar-refractivity contribution in [2.45, 2.75) is 52.1 Å². The molecule has 2 amide bonds. The maximum atomic E-state index is 13.3. The Bertz CT molecular complexity index is 1400. The zero-order valence-corrected chi connectivity index (χ0v) is 23.2. The third-order valence-corrected chi connectivity index (χ3v) is 6.28. The van der Waals surface area contributed by atoms with Crippen molar-refractivity contribution in [3.63, 3.8) is 0 Å². The maximum absolute atomic E-state index is 13.3. The molecule has 2 N–H and O–H groups in total. The maximum Gasteiger partial charge on any atom is 0.407 e. The molecule has 0 aromatic carbocycles. The summed E-state index contributed by atoms with van der Waals surface area (Å²) in [5.74, 6) is -0.00509. The highest BCUT2D eigenvalue weighted by Crippen LogP contribution is 2.20. The van der Waals surface area contributed by atoms with Gasteiger partial charge < -0.3 is 24.5 Å². The lowest BCUT2D eigenvalue weighted by Crippen LogP contribution is -2.42. The number of H-pyrrole nitrogens is 1. The number of ether oxygens (including phenoxy) is 1. The highest BCUT2D eigenvalue weighted by atomic mass is 16.5. The highest BCUT2D eigenvalue weighted by Gasteiger charge is 2.22. The van der Waals surface area contributed by atoms with Crippen LogP contribution in [0.25, 0.3) is 11.0 Å². The van der Waals surface area contributed by atoms with Crippen molar-refractivity contribution in [3.05, 3.63) is 76.0 Å². The number of likely N-dealkylation sites (N-methyl/N-ethyl adjacent to an activating group) is 1. The lowest BCUT2D eigenvalue weighted by atomic mass is 10.0. The molecule has 0 aliphatic rings. The van der Waals surface area contributed by atoms with Crippen LogP contribution in [0.2, 0.25) is 0 Å². The molecule has 10 heteroatoms. The van der Waals surface area contributed by atoms with Gasteiger partial charge in [0.05, 0.1) is 30.7 Å². The Balaban J connectivity index is 1.75. The predicted octanol–water partition coefficient (Wildman–Crippen LogP) is 3.23. The van der Waals surface area contributed by atoms with Gasteiger partial charge in [0.15, 0.2) is 5.78 Å². The summed E-state index contributed by atoms with van der Waals surface area (Å²) in [7, 11) is 4.50. The van der Waals surface area contributed by atoms with Gasteiger partial charge in [0.2, 0.25) is 5.91 Å². The van der Waals surface area contributed by atoms with Gasteiger partial charge in [-0.25, -0.2) is 4.79 Å². The second kappa shape index (κ2) is 13.5. The minimum atomic E-state index is -0.872. The summed E-state index contributed by atoms with van der Waals surface area (Å²) in [5.41, 5.74) is 3.88. The Hall–Kier alpha value is -4.21. The molecule has 0 aliphatic heterocycles. The Morgan fingerprint density at radius 3 is 2.67 bits per heavy atom. The first-order chi connectivity index (χ1) is 18.6. The number of hydrogen-bond donors (Lipinski definition) is 2. The molecule has 0 bridgehead atoms. The van der Waals surface area contributed by atoms with Crippen LogP contribution in [0.3, 0.4) is 0 Å². The van der Waals surface area contributed by atoms with Crippen LogP contribution in [0.4, 0.5) is 4.79 Å². The van der Waals surface area contributed by atoms with Crippen LogP contribution < -0.4 is 10.9 Å². The fraction of sp³-hybridized carbons (Fsp3) is 0.414. The number of allylic oxidation sites excluding steroid dienone is 1. The van der Waals surface area contributed by atoms with E-state index in [9.17, 15) is 19.2 Å². The van der Waals surface area contributed by atoms with Crippen molar-refractivity contribution in [1.29, 1.82) is 0 Å². The molecule has 3 heterocycles. The second-order valence-electron chi connectivity index (χ2n) is 10.1. The van der Waals surface area contributed by atoms with Crippen LogP contribution in [0.1, 0.15) is 43.5 Å². The van der Waals surface area contributed by atoms with Crippen LogP contribution >= 0.6 is 0 Å². The number of ketones is 1. The van der Waals surface area contributed by atoms with Crippen LogP contribution in [-0.4, -0.2) is 64.5 Å². The summed E-state index contributed by atoms with van der Waals surface area (Å²) in [4.78, 5) is 59.3. The number of nitrogens with one attached hydrogen (secondary N) is 2. The number of carbonyl (C=O) groups is 3. The summed E-state index contributed by atoms with van der Waals surface area (Å²) >= 11 is 0. The Labute approximate surface area is 228 Å². The molecular formula is C29H37N5O5. The first-order valence-electron chi connectivity index (χ1n) is 13.0. The zero-order chi connectivity index (χ0) is 28.5. The number of fused-ring (bicyclic) bond motifs is 1. The summed E-state index contributed by atoms with van der Waals surface area (Å²) in [6.07, 6.45) is 7.21. The van der Waals surface area contributed by atoms with Gasteiger partial charge in [0, 0.05) is 44.2 Å². The minimum absolute atomic E-state index is 0.151. The fourth-order valence-corrected chi connectivity index (χ4v) is 4.28. The van der Waals surface area contributed by atoms with Crippen molar-refractivity contribution < 1.29 is 19.1 Å². The van der Waals surface area contributed by atoms with Gasteiger partial charge in [-0.1, -0.05) is 26.0 Å². The number of amides is 2. The average molecular weight is 536 g/mol. The van der Waals surface area contributed by atoms with Crippen molar-refractivity contribution in [2.24, 2.45) is 5.92 Å². The second-order valence-corrected chi connectivity index (χ2v) is 10.1. The van der Waals surface area contributed by atoms with Crippen molar-refractivity contribution in [2.75, 3.05) is 21.2 Å². The summed E-state index contributed by atoms with van der Waals surface area (Å²) in [6, 6.07) is 6.43. The van der Waals surface area contributed by atoms with Crippen LogP contribution in [0.15, 0.2) is 53.6 Å². The lowest BCUT2D eigenvalue weighted by molar-refractivity contribution is -0.123. The Morgan fingerprint density at radius 2 is 1.97 bits per heavy atom. The number of alkyl carbamates (subject to hydrolysis) is 1. The van der Waals surface area contributed by atoms with E-state index in [0.717, 1.165) is 23.1 Å². The van der Waals surface area contributed by atoms with E-state index in [4.69, 9.17) is 0 Å². The van der Waals surface area contributed by atoms with Gasteiger partial charge in [0.25, 0.3) is 5.56 Å². The van der Waals surface area contributed by atoms with Crippen molar-refractivity contribution >= 4 is 28.8 Å². The molecular weight excluding hydrogens is 498 g/mol. The number of pyridine rings is 2. The number of rotatable bonds is 12. The number of aromatic nitrogens is 3. The smallest absolute Gasteiger partial charge is 0.407 e. The molecule has 208 valence electrons. The molecule has 0 radical (unpaired) electrons. The number of hydrogen-bond acceptors (Lipinski definition) is 6. The number of nitrogens with zero attached hydrogens (tertiary/aromatic N) is 3. The van der Waals surface area contributed by atoms with Crippen LogP contribution in [-0.2, 0) is 33.7 Å². The number of Topliss-reactive ketones (excluding diaryl/α,β-unsaturated/α-hetero) is 1. The van der Waals surface area contributed by atoms with E-state index >= 15 is 0 Å². The van der Waals surface area contributed by atoms with Crippen LogP contribution in [0.5, 0.6) is 0 Å². The largest absolute Gasteiger partial charge is 0.453 e. The number of carbonyl (C=O) groups excluding carboxylic acids is 3. The SMILES string of the molecule is COC(=O)N[C@@H](CC/C=C/C(=O)N(C)C)C(=O)Cc1cccn(Cc2cc3nccc(CC(C)C)c3[nH]2)c1=O. The molecule has 0 saturated heterocycles. The Morgan fingerprint density at radius 1 is 1.21 bits per heavy atom. The van der Waals surface area contributed by atoms with Crippen LogP contribution in [0, 0.1) is 5.92 Å². The Kier molecular flexibility index (Phi) is 10.2. The van der Waals surface area contributed by atoms with Gasteiger partial charge in [-0.3, -0.25) is 19.4 Å². The van der Waals surface area contributed by atoms with Gasteiger partial charge >= 0.3 is 6.09 Å². The van der Waals surface area contributed by atoms with E-state index in [-0.39, 0.29) is 30.1 Å². The molecule has 10 nitrogen and oxygen atoms in total. The molecule has 0 aliphatic carbocycles. The molecule has 3 aromatic rings. The van der Waals surface area contributed by atoms with E-state index in [0.29, 0.717) is 24.4 Å². The molecule has 0 fully saturated rings. The summed E-state index contributed by atoms with van der Waals surface area (Å²) in [5, 5.41) is 2.54. The first-order valence-corrected chi connectivity index (χ1v) is 13.0. The average Bonchev–Trinajstić information content (AvgIpc) is 3.31. The van der Waals surface area contributed by atoms with Gasteiger partial charge in [-0.15, -0.1) is 0 Å². The highest BCUT2D eigenvalue weighted by molar-refractivity contribution is 5.89. The number of aromatic amines is 1. The predicted molar refractivity (Wildman–Crippen MR) is 150 cm³/mol. The summed E-state index contributed by atoms with van der Waals surface area (Å²) in [6.45, 7) is 4.63. The third-order valence-electron chi connectivity index (χ3n) is 6.28. The topological polar surface area (TPSA) is 126 Å². The van der Waals surface area contributed by atoms with E-state index in [1.54, 1.807) is 49.3 Å². The molecule has 39 heavy (non-hydrogen) atoms. The van der Waals surface area contributed by atoms with Gasteiger partial charge in [-0.2, -0.15) is 0 Å². The van der Waals surface area contributed by atoms with E-state index < -0.39 is 12.1 Å². The van der Waals surface area contributed by atoms with Gasteiger partial charge in [-0.05, 0) is 55.0 Å². The molecule has 0 unspecified atom stereocenters. The van der Waals surface area contributed by atoms with E-state index in [1.807, 2.05) is 12.1 Å². The number of methoxy groups -OCH3 is 1. The summed E-state index contributed by atoms with van der Waals surface area (Å²) < 4.78 is 6.21. The zero-order valence-electron chi connectivity index (χ0n) is 23.2. The van der Waals surface area contributed by atoms with Gasteiger partial charge in [0.1, 0.15) is 0 Å². The monoisotopic (exact) mass is 535 g/mol. The standard InChI is InChI=1S/C29H37N5O5/c1-19(2)15-20-12-13-30-24-17-22(31-27(20)24)18-34-14-8-9-21(28(34)37)16-25(35)23(32-29(38)39-5)10-6-7-11-26(36)33(3)4/h7-9,11-14,17,19,23,31H,6,10,15-16,18H2,1-5H3,(H,32,38)/b11-7+/t23-/m0/s1. The molecule has 0 spiro atoms. The molecule has 0 saturated carbocycles. The van der Waals surface area contributed by atoms with E-state index in [1.165, 1.54) is 23.6 Å². The minimum Gasteiger partial charge on any atom is -0.453 e. The molecule has 1 atom stereocenters. The normalized spacial score (nSPS) is 12.2. The van der Waals surface area contributed by atoms with Crippen molar-refractivity contribution in [3.8, 4) is 0 Å². The third kappa shape index (κ3) is 8.13. The van der Waals surface area contributed by atoms with Crippen molar-refractivity contribution in [1.82, 2.24) is 24.8 Å². The lowest BCUT2D eigenvalue weighted by Gasteiger charge is -2.16. The molecule has 3 aromatic heterocycles.